The van der Waals surface area contributed by atoms with Crippen molar-refractivity contribution in [2.24, 2.45) is 0 Å². The van der Waals surface area contributed by atoms with E-state index in [-0.39, 0.29) is 5.82 Å². The van der Waals surface area contributed by atoms with Crippen molar-refractivity contribution in [2.75, 3.05) is 20.8 Å². The molecule has 27 heavy (non-hydrogen) atoms. The van der Waals surface area contributed by atoms with Gasteiger partial charge in [-0.15, -0.1) is 6.58 Å². The van der Waals surface area contributed by atoms with Gasteiger partial charge in [0.2, 0.25) is 0 Å². The van der Waals surface area contributed by atoms with Crippen molar-refractivity contribution in [1.82, 2.24) is 4.90 Å². The lowest BCUT2D eigenvalue weighted by Crippen LogP contribution is -2.31. The lowest BCUT2D eigenvalue weighted by molar-refractivity contribution is 0.0983. The lowest BCUT2D eigenvalue weighted by atomic mass is 10.1. The second-order valence-electron chi connectivity index (χ2n) is 6.51. The van der Waals surface area contributed by atoms with Crippen LogP contribution < -0.4 is 9.47 Å². The Morgan fingerprint density at radius 1 is 1.04 bits per heavy atom. The van der Waals surface area contributed by atoms with Gasteiger partial charge in [0.15, 0.2) is 11.5 Å². The Labute approximate surface area is 160 Å². The van der Waals surface area contributed by atoms with Crippen molar-refractivity contribution in [3.63, 3.8) is 0 Å². The number of hydrogen-bond acceptors (Lipinski definition) is 4. The predicted molar refractivity (Wildman–Crippen MR) is 105 cm³/mol. The molecule has 0 heterocycles. The minimum Gasteiger partial charge on any atom is -0.493 e. The molecule has 146 valence electrons. The van der Waals surface area contributed by atoms with E-state index < -0.39 is 6.10 Å². The quantitative estimate of drug-likeness (QED) is 0.600. The molecule has 0 unspecified atom stereocenters. The van der Waals surface area contributed by atoms with Crippen LogP contribution in [-0.4, -0.2) is 36.9 Å². The fourth-order valence-corrected chi connectivity index (χ4v) is 2.97. The predicted octanol–water partition coefficient (Wildman–Crippen LogP) is 4.17. The summed E-state index contributed by atoms with van der Waals surface area (Å²) in [5.41, 5.74) is 2.04. The topological polar surface area (TPSA) is 41.9 Å². The monoisotopic (exact) mass is 373 g/mol. The average Bonchev–Trinajstić information content (AvgIpc) is 2.68. The smallest absolute Gasteiger partial charge is 0.161 e. The fourth-order valence-electron chi connectivity index (χ4n) is 2.97. The van der Waals surface area contributed by atoms with Gasteiger partial charge < -0.3 is 14.6 Å². The molecule has 2 rings (SSSR count). The van der Waals surface area contributed by atoms with E-state index in [1.54, 1.807) is 26.4 Å². The number of benzene rings is 2. The summed E-state index contributed by atoms with van der Waals surface area (Å²) in [5.74, 6) is 1.09. The molecular formula is C22H28FNO3. The van der Waals surface area contributed by atoms with Crippen molar-refractivity contribution in [1.29, 1.82) is 0 Å². The van der Waals surface area contributed by atoms with Crippen LogP contribution >= 0.6 is 0 Å². The van der Waals surface area contributed by atoms with E-state index in [9.17, 15) is 9.50 Å². The molecule has 0 aliphatic rings. The summed E-state index contributed by atoms with van der Waals surface area (Å²) < 4.78 is 23.9. The first kappa shape index (κ1) is 20.9. The Kier molecular flexibility index (Phi) is 8.30. The Morgan fingerprint density at radius 3 is 2.30 bits per heavy atom. The van der Waals surface area contributed by atoms with Crippen LogP contribution in [0.2, 0.25) is 0 Å². The summed E-state index contributed by atoms with van der Waals surface area (Å²) in [6.45, 7) is 5.46. The second-order valence-corrected chi connectivity index (χ2v) is 6.51. The SMILES string of the molecule is C=CCC[C@H](O)CN(Cc1ccc(F)cc1)Cc1ccc(OC)c(OC)c1. The van der Waals surface area contributed by atoms with Crippen LogP contribution in [0.3, 0.4) is 0 Å². The van der Waals surface area contributed by atoms with Crippen LogP contribution in [0.25, 0.3) is 0 Å². The van der Waals surface area contributed by atoms with Crippen LogP contribution in [0.4, 0.5) is 4.39 Å². The van der Waals surface area contributed by atoms with E-state index in [1.165, 1.54) is 12.1 Å². The molecule has 4 nitrogen and oxygen atoms in total. The molecule has 1 atom stereocenters. The first-order valence-corrected chi connectivity index (χ1v) is 9.02. The average molecular weight is 373 g/mol. The van der Waals surface area contributed by atoms with Gasteiger partial charge in [0.05, 0.1) is 20.3 Å². The zero-order chi connectivity index (χ0) is 19.6. The number of nitrogens with zero attached hydrogens (tertiary/aromatic N) is 1. The minimum atomic E-state index is -0.455. The molecule has 0 amide bonds. The van der Waals surface area contributed by atoms with Crippen molar-refractivity contribution < 1.29 is 19.0 Å². The van der Waals surface area contributed by atoms with E-state index in [1.807, 2.05) is 24.3 Å². The first-order chi connectivity index (χ1) is 13.0. The Balaban J connectivity index is 2.15. The molecule has 0 aromatic heterocycles. The van der Waals surface area contributed by atoms with Crippen LogP contribution in [-0.2, 0) is 13.1 Å². The molecule has 0 spiro atoms. The van der Waals surface area contributed by atoms with E-state index in [4.69, 9.17) is 9.47 Å². The van der Waals surface area contributed by atoms with Crippen molar-refractivity contribution in [3.05, 3.63) is 72.1 Å². The zero-order valence-corrected chi connectivity index (χ0v) is 16.0. The summed E-state index contributed by atoms with van der Waals surface area (Å²) in [7, 11) is 3.21. The highest BCUT2D eigenvalue weighted by molar-refractivity contribution is 5.42. The van der Waals surface area contributed by atoms with Gasteiger partial charge >= 0.3 is 0 Å². The van der Waals surface area contributed by atoms with Crippen molar-refractivity contribution in [2.45, 2.75) is 32.0 Å². The van der Waals surface area contributed by atoms with Gasteiger partial charge in [-0.2, -0.15) is 0 Å². The third kappa shape index (κ3) is 6.70. The van der Waals surface area contributed by atoms with Gasteiger partial charge in [0.1, 0.15) is 5.82 Å². The molecule has 0 aliphatic carbocycles. The fraction of sp³-hybridized carbons (Fsp3) is 0.364. The standard InChI is InChI=1S/C22H28FNO3/c1-4-5-6-20(25)16-24(14-17-7-10-19(23)11-8-17)15-18-9-12-21(26-2)22(13-18)27-3/h4,7-13,20,25H,1,5-6,14-16H2,2-3H3/t20-/m0/s1. The largest absolute Gasteiger partial charge is 0.493 e. The number of allylic oxidation sites excluding steroid dienone is 1. The molecule has 2 aromatic carbocycles. The van der Waals surface area contributed by atoms with Crippen LogP contribution in [0.15, 0.2) is 55.1 Å². The van der Waals surface area contributed by atoms with Crippen molar-refractivity contribution >= 4 is 0 Å². The molecule has 0 fully saturated rings. The molecule has 0 aliphatic heterocycles. The molecule has 0 bridgehead atoms. The van der Waals surface area contributed by atoms with Crippen molar-refractivity contribution in [3.8, 4) is 11.5 Å². The lowest BCUT2D eigenvalue weighted by Gasteiger charge is -2.25. The van der Waals surface area contributed by atoms with E-state index in [0.29, 0.717) is 37.6 Å². The van der Waals surface area contributed by atoms with Gasteiger partial charge in [-0.3, -0.25) is 4.90 Å². The summed E-state index contributed by atoms with van der Waals surface area (Å²) in [6, 6.07) is 12.2. The summed E-state index contributed by atoms with van der Waals surface area (Å²) in [6.07, 6.45) is 2.78. The number of ether oxygens (including phenoxy) is 2. The second kappa shape index (κ2) is 10.7. The maximum atomic E-state index is 13.2. The Bertz CT molecular complexity index is 718. The summed E-state index contributed by atoms with van der Waals surface area (Å²) in [4.78, 5) is 2.14. The third-order valence-corrected chi connectivity index (χ3v) is 4.35. The molecular weight excluding hydrogens is 345 g/mol. The van der Waals surface area contributed by atoms with E-state index in [2.05, 4.69) is 11.5 Å². The van der Waals surface area contributed by atoms with E-state index >= 15 is 0 Å². The molecule has 0 saturated heterocycles. The highest BCUT2D eigenvalue weighted by Gasteiger charge is 2.14. The van der Waals surface area contributed by atoms with Gasteiger partial charge in [-0.25, -0.2) is 4.39 Å². The highest BCUT2D eigenvalue weighted by atomic mass is 19.1. The van der Waals surface area contributed by atoms with Crippen LogP contribution in [0.5, 0.6) is 11.5 Å². The molecule has 5 heteroatoms. The maximum absolute atomic E-state index is 13.2. The molecule has 0 radical (unpaired) electrons. The van der Waals surface area contributed by atoms with Crippen LogP contribution in [0, 0.1) is 5.82 Å². The number of rotatable bonds is 11. The zero-order valence-electron chi connectivity index (χ0n) is 16.0. The number of aliphatic hydroxyl groups excluding tert-OH is 1. The van der Waals surface area contributed by atoms with Gasteiger partial charge in [-0.1, -0.05) is 24.3 Å². The molecule has 1 N–H and O–H groups in total. The van der Waals surface area contributed by atoms with Gasteiger partial charge in [-0.05, 0) is 48.2 Å². The maximum Gasteiger partial charge on any atom is 0.161 e. The number of halogens is 1. The molecule has 0 saturated carbocycles. The van der Waals surface area contributed by atoms with Gasteiger partial charge in [0, 0.05) is 19.6 Å². The molecule has 2 aromatic rings. The number of aliphatic hydroxyl groups is 1. The van der Waals surface area contributed by atoms with E-state index in [0.717, 1.165) is 17.5 Å². The summed E-state index contributed by atoms with van der Waals surface area (Å²) >= 11 is 0. The Morgan fingerprint density at radius 2 is 1.67 bits per heavy atom. The third-order valence-electron chi connectivity index (χ3n) is 4.35. The summed E-state index contributed by atoms with van der Waals surface area (Å²) in [5, 5.41) is 10.3. The van der Waals surface area contributed by atoms with Crippen LogP contribution in [0.1, 0.15) is 24.0 Å². The Hall–Kier alpha value is -2.37. The highest BCUT2D eigenvalue weighted by Crippen LogP contribution is 2.28. The normalized spacial score (nSPS) is 12.0. The number of hydrogen-bond donors (Lipinski definition) is 1. The van der Waals surface area contributed by atoms with Gasteiger partial charge in [0.25, 0.3) is 0 Å². The first-order valence-electron chi connectivity index (χ1n) is 9.02. The number of methoxy groups -OCH3 is 2. The minimum absolute atomic E-state index is 0.254.